The van der Waals surface area contributed by atoms with Crippen molar-refractivity contribution in [3.05, 3.63) is 29.8 Å². The molecule has 1 aromatic heterocycles. The molecule has 0 saturated heterocycles. The van der Waals surface area contributed by atoms with Gasteiger partial charge in [-0.25, -0.2) is 4.79 Å². The molecule has 0 atom stereocenters. The maximum absolute atomic E-state index is 11.1. The van der Waals surface area contributed by atoms with Crippen molar-refractivity contribution >= 4 is 11.8 Å². The van der Waals surface area contributed by atoms with Gasteiger partial charge in [0.05, 0.1) is 12.8 Å². The molecule has 0 fully saturated rings. The topological polar surface area (TPSA) is 101 Å². The molecule has 1 heterocycles. The van der Waals surface area contributed by atoms with Crippen molar-refractivity contribution < 1.29 is 14.6 Å². The van der Waals surface area contributed by atoms with Gasteiger partial charge < -0.3 is 15.6 Å². The number of para-hydroxylation sites is 1. The number of aromatic nitrogens is 2. The van der Waals surface area contributed by atoms with E-state index in [4.69, 9.17) is 15.6 Å². The number of hydrogen-bond donors (Lipinski definition) is 3. The summed E-state index contributed by atoms with van der Waals surface area (Å²) in [6.45, 7) is 0. The predicted molar refractivity (Wildman–Crippen MR) is 61.9 cm³/mol. The molecule has 2 rings (SSSR count). The van der Waals surface area contributed by atoms with Gasteiger partial charge in [0.15, 0.2) is 5.82 Å². The van der Waals surface area contributed by atoms with E-state index in [-0.39, 0.29) is 11.4 Å². The number of aromatic amines is 1. The molecule has 6 nitrogen and oxygen atoms in total. The highest BCUT2D eigenvalue weighted by Crippen LogP contribution is 2.32. The third-order valence-electron chi connectivity index (χ3n) is 2.38. The van der Waals surface area contributed by atoms with Gasteiger partial charge in [0.1, 0.15) is 11.3 Å². The monoisotopic (exact) mass is 233 g/mol. The van der Waals surface area contributed by atoms with E-state index in [9.17, 15) is 4.79 Å². The Morgan fingerprint density at radius 1 is 1.47 bits per heavy atom. The smallest absolute Gasteiger partial charge is 0.341 e. The molecule has 0 unspecified atom stereocenters. The lowest BCUT2D eigenvalue weighted by Gasteiger charge is -2.06. The van der Waals surface area contributed by atoms with Crippen LogP contribution in [0.3, 0.4) is 0 Å². The molecule has 2 aromatic rings. The van der Waals surface area contributed by atoms with Crippen LogP contribution in [-0.2, 0) is 0 Å². The van der Waals surface area contributed by atoms with E-state index in [0.29, 0.717) is 17.0 Å². The molecule has 0 aliphatic carbocycles. The molecule has 88 valence electrons. The first kappa shape index (κ1) is 11.0. The van der Waals surface area contributed by atoms with Gasteiger partial charge in [-0.3, -0.25) is 5.10 Å². The fraction of sp³-hybridized carbons (Fsp3) is 0.0909. The average Bonchev–Trinajstić information content (AvgIpc) is 2.71. The van der Waals surface area contributed by atoms with Gasteiger partial charge in [-0.05, 0) is 12.1 Å². The van der Waals surface area contributed by atoms with Crippen LogP contribution in [0.15, 0.2) is 24.3 Å². The Kier molecular flexibility index (Phi) is 2.70. The van der Waals surface area contributed by atoms with E-state index in [0.717, 1.165) is 0 Å². The van der Waals surface area contributed by atoms with Crippen LogP contribution in [-0.4, -0.2) is 28.4 Å². The number of nitrogen functional groups attached to an aromatic ring is 1. The zero-order chi connectivity index (χ0) is 12.4. The number of benzene rings is 1. The zero-order valence-corrected chi connectivity index (χ0v) is 9.10. The number of carboxylic acid groups (broad SMARTS) is 1. The number of nitrogens with one attached hydrogen (secondary N) is 1. The third kappa shape index (κ3) is 1.80. The molecule has 0 spiro atoms. The molecule has 0 bridgehead atoms. The van der Waals surface area contributed by atoms with Gasteiger partial charge in [0.2, 0.25) is 0 Å². The van der Waals surface area contributed by atoms with Crippen LogP contribution in [0.2, 0.25) is 0 Å². The lowest BCUT2D eigenvalue weighted by molar-refractivity contribution is 0.0699. The van der Waals surface area contributed by atoms with Crippen molar-refractivity contribution in [1.29, 1.82) is 0 Å². The lowest BCUT2D eigenvalue weighted by Crippen LogP contribution is -2.02. The molecule has 6 heteroatoms. The molecular weight excluding hydrogens is 222 g/mol. The first-order chi connectivity index (χ1) is 8.15. The van der Waals surface area contributed by atoms with Crippen LogP contribution in [0.25, 0.3) is 11.3 Å². The molecule has 0 aliphatic rings. The SMILES string of the molecule is COc1ccccc1-c1[nH]nc(N)c1C(=O)O. The maximum Gasteiger partial charge on any atom is 0.341 e. The predicted octanol–water partition coefficient (Wildman–Crippen LogP) is 1.37. The molecule has 0 radical (unpaired) electrons. The minimum absolute atomic E-state index is 0.0431. The second-order valence-electron chi connectivity index (χ2n) is 3.36. The lowest BCUT2D eigenvalue weighted by atomic mass is 10.1. The summed E-state index contributed by atoms with van der Waals surface area (Å²) in [4.78, 5) is 11.1. The van der Waals surface area contributed by atoms with Crippen LogP contribution < -0.4 is 10.5 Å². The van der Waals surface area contributed by atoms with Crippen molar-refractivity contribution in [3.8, 4) is 17.0 Å². The summed E-state index contributed by atoms with van der Waals surface area (Å²) < 4.78 is 5.16. The molecule has 4 N–H and O–H groups in total. The van der Waals surface area contributed by atoms with Crippen molar-refractivity contribution in [2.75, 3.05) is 12.8 Å². The molecule has 1 aromatic carbocycles. The average molecular weight is 233 g/mol. The Balaban J connectivity index is 2.65. The number of nitrogens with two attached hydrogens (primary N) is 1. The Morgan fingerprint density at radius 3 is 2.82 bits per heavy atom. The second-order valence-corrected chi connectivity index (χ2v) is 3.36. The van der Waals surface area contributed by atoms with Gasteiger partial charge in [-0.15, -0.1) is 0 Å². The largest absolute Gasteiger partial charge is 0.496 e. The Morgan fingerprint density at radius 2 is 2.18 bits per heavy atom. The summed E-state index contributed by atoms with van der Waals surface area (Å²) in [5, 5.41) is 15.4. The van der Waals surface area contributed by atoms with Crippen LogP contribution >= 0.6 is 0 Å². The highest BCUT2D eigenvalue weighted by molar-refractivity contribution is 6.00. The zero-order valence-electron chi connectivity index (χ0n) is 9.10. The van der Waals surface area contributed by atoms with Crippen LogP contribution in [0.5, 0.6) is 5.75 Å². The van der Waals surface area contributed by atoms with Gasteiger partial charge in [0.25, 0.3) is 0 Å². The quantitative estimate of drug-likeness (QED) is 0.743. The van der Waals surface area contributed by atoms with E-state index < -0.39 is 5.97 Å². The molecule has 0 aliphatic heterocycles. The second kappa shape index (κ2) is 4.17. The van der Waals surface area contributed by atoms with E-state index in [1.807, 2.05) is 0 Å². The number of aromatic carboxylic acids is 1. The highest BCUT2D eigenvalue weighted by atomic mass is 16.5. The summed E-state index contributed by atoms with van der Waals surface area (Å²) in [7, 11) is 1.51. The number of carbonyl (C=O) groups is 1. The van der Waals surface area contributed by atoms with Gasteiger partial charge in [-0.1, -0.05) is 12.1 Å². The van der Waals surface area contributed by atoms with Crippen LogP contribution in [0.4, 0.5) is 5.82 Å². The van der Waals surface area contributed by atoms with Gasteiger partial charge >= 0.3 is 5.97 Å². The number of nitrogens with zero attached hydrogens (tertiary/aromatic N) is 1. The fourth-order valence-electron chi connectivity index (χ4n) is 1.62. The van der Waals surface area contributed by atoms with Crippen molar-refractivity contribution in [3.63, 3.8) is 0 Å². The van der Waals surface area contributed by atoms with Crippen molar-refractivity contribution in [2.45, 2.75) is 0 Å². The normalized spacial score (nSPS) is 10.2. The Hall–Kier alpha value is -2.50. The number of anilines is 1. The number of methoxy groups -OCH3 is 1. The number of rotatable bonds is 3. The van der Waals surface area contributed by atoms with Crippen molar-refractivity contribution in [1.82, 2.24) is 10.2 Å². The number of carboxylic acids is 1. The van der Waals surface area contributed by atoms with E-state index in [1.54, 1.807) is 24.3 Å². The number of H-pyrrole nitrogens is 1. The third-order valence-corrected chi connectivity index (χ3v) is 2.38. The summed E-state index contributed by atoms with van der Waals surface area (Å²) >= 11 is 0. The summed E-state index contributed by atoms with van der Waals surface area (Å²) in [6.07, 6.45) is 0. The van der Waals surface area contributed by atoms with Gasteiger partial charge in [-0.2, -0.15) is 5.10 Å². The molecule has 0 amide bonds. The minimum atomic E-state index is -1.13. The number of ether oxygens (including phenoxy) is 1. The first-order valence-electron chi connectivity index (χ1n) is 4.85. The van der Waals surface area contributed by atoms with E-state index >= 15 is 0 Å². The summed E-state index contributed by atoms with van der Waals surface area (Å²) in [6, 6.07) is 7.04. The summed E-state index contributed by atoms with van der Waals surface area (Å²) in [5.74, 6) is -0.616. The van der Waals surface area contributed by atoms with E-state index in [1.165, 1.54) is 7.11 Å². The first-order valence-corrected chi connectivity index (χ1v) is 4.85. The van der Waals surface area contributed by atoms with Crippen LogP contribution in [0.1, 0.15) is 10.4 Å². The summed E-state index contributed by atoms with van der Waals surface area (Å²) in [5.41, 5.74) is 6.41. The fourth-order valence-corrected chi connectivity index (χ4v) is 1.62. The molecule has 0 saturated carbocycles. The maximum atomic E-state index is 11.1. The molecular formula is C11H11N3O3. The Labute approximate surface area is 97.0 Å². The minimum Gasteiger partial charge on any atom is -0.496 e. The molecule has 17 heavy (non-hydrogen) atoms. The standard InChI is InChI=1S/C11H11N3O3/c1-17-7-5-3-2-4-6(7)9-8(11(15)16)10(12)14-13-9/h2-5H,1H3,(H,15,16)(H3,12,13,14). The van der Waals surface area contributed by atoms with Gasteiger partial charge in [0, 0.05) is 5.56 Å². The number of hydrogen-bond acceptors (Lipinski definition) is 4. The van der Waals surface area contributed by atoms with Crippen LogP contribution in [0, 0.1) is 0 Å². The Bertz CT molecular complexity index is 563. The highest BCUT2D eigenvalue weighted by Gasteiger charge is 2.21. The van der Waals surface area contributed by atoms with Crippen molar-refractivity contribution in [2.24, 2.45) is 0 Å². The van der Waals surface area contributed by atoms with E-state index in [2.05, 4.69) is 10.2 Å².